The molecule has 1 aromatic carbocycles. The first-order chi connectivity index (χ1) is 12.1. The molecule has 0 atom stereocenters. The summed E-state index contributed by atoms with van der Waals surface area (Å²) in [7, 11) is 1.44. The number of hydrogen-bond donors (Lipinski definition) is 1. The number of benzene rings is 1. The van der Waals surface area contributed by atoms with Crippen molar-refractivity contribution in [2.75, 3.05) is 38.2 Å². The number of rotatable bonds is 4. The monoisotopic (exact) mass is 345 g/mol. The zero-order chi connectivity index (χ0) is 17.8. The van der Waals surface area contributed by atoms with Crippen molar-refractivity contribution in [2.45, 2.75) is 6.42 Å². The number of hydrogen-bond acceptors (Lipinski definition) is 5. The molecular formula is C18H20FN3O3. The number of amides is 1. The number of carbonyl (C=O) groups excluding carboxylic acids is 1. The topological polar surface area (TPSA) is 65.9 Å². The summed E-state index contributed by atoms with van der Waals surface area (Å²) in [6, 6.07) is 6.32. The third kappa shape index (κ3) is 3.99. The number of ether oxygens (including phenoxy) is 1. The summed E-state index contributed by atoms with van der Waals surface area (Å²) in [6.07, 6.45) is 3.13. The molecule has 0 aliphatic carbocycles. The minimum absolute atomic E-state index is 0.00346. The van der Waals surface area contributed by atoms with Crippen LogP contribution in [0.5, 0.6) is 11.5 Å². The van der Waals surface area contributed by atoms with E-state index in [0.717, 1.165) is 5.69 Å². The molecule has 1 amide bonds. The van der Waals surface area contributed by atoms with Crippen LogP contribution in [0, 0.1) is 5.82 Å². The summed E-state index contributed by atoms with van der Waals surface area (Å²) >= 11 is 0. The number of nitrogens with zero attached hydrogens (tertiary/aromatic N) is 3. The fourth-order valence-corrected chi connectivity index (χ4v) is 2.92. The van der Waals surface area contributed by atoms with Crippen molar-refractivity contribution in [2.24, 2.45) is 0 Å². The van der Waals surface area contributed by atoms with Crippen molar-refractivity contribution in [3.05, 3.63) is 48.0 Å². The molecule has 2 heterocycles. The van der Waals surface area contributed by atoms with Gasteiger partial charge in [-0.2, -0.15) is 0 Å². The Morgan fingerprint density at radius 3 is 2.68 bits per heavy atom. The highest BCUT2D eigenvalue weighted by atomic mass is 19.1. The molecule has 3 rings (SSSR count). The normalized spacial score (nSPS) is 14.5. The molecule has 7 heteroatoms. The van der Waals surface area contributed by atoms with Crippen molar-refractivity contribution < 1.29 is 19.0 Å². The second kappa shape index (κ2) is 7.38. The summed E-state index contributed by atoms with van der Waals surface area (Å²) in [5, 5.41) is 9.43. The van der Waals surface area contributed by atoms with Crippen LogP contribution >= 0.6 is 0 Å². The van der Waals surface area contributed by atoms with Crippen LogP contribution in [0.15, 0.2) is 36.7 Å². The first-order valence-corrected chi connectivity index (χ1v) is 8.06. The average molecular weight is 345 g/mol. The number of carbonyl (C=O) groups is 1. The largest absolute Gasteiger partial charge is 0.506 e. The van der Waals surface area contributed by atoms with Crippen molar-refractivity contribution >= 4 is 11.6 Å². The Hall–Kier alpha value is -2.83. The van der Waals surface area contributed by atoms with Gasteiger partial charge in [-0.1, -0.05) is 0 Å². The number of piperazine rings is 1. The first-order valence-electron chi connectivity index (χ1n) is 8.06. The van der Waals surface area contributed by atoms with Crippen molar-refractivity contribution in [3.63, 3.8) is 0 Å². The van der Waals surface area contributed by atoms with E-state index in [1.54, 1.807) is 29.3 Å². The van der Waals surface area contributed by atoms with E-state index in [0.29, 0.717) is 31.7 Å². The van der Waals surface area contributed by atoms with E-state index in [4.69, 9.17) is 4.74 Å². The molecule has 25 heavy (non-hydrogen) atoms. The van der Waals surface area contributed by atoms with E-state index in [-0.39, 0.29) is 29.6 Å². The molecule has 1 aliphatic rings. The van der Waals surface area contributed by atoms with Crippen LogP contribution in [0.4, 0.5) is 10.1 Å². The lowest BCUT2D eigenvalue weighted by molar-refractivity contribution is -0.130. The molecule has 0 bridgehead atoms. The summed E-state index contributed by atoms with van der Waals surface area (Å²) in [5.41, 5.74) is 1.57. The minimum atomic E-state index is -0.389. The van der Waals surface area contributed by atoms with Gasteiger partial charge in [-0.15, -0.1) is 0 Å². The van der Waals surface area contributed by atoms with E-state index in [1.165, 1.54) is 19.4 Å². The zero-order valence-electron chi connectivity index (χ0n) is 14.0. The predicted octanol–water partition coefficient (Wildman–Crippen LogP) is 1.83. The van der Waals surface area contributed by atoms with Crippen LogP contribution in [0.25, 0.3) is 0 Å². The maximum absolute atomic E-state index is 13.5. The Balaban J connectivity index is 1.59. The number of aromatic hydroxyl groups is 1. The van der Waals surface area contributed by atoms with Gasteiger partial charge in [0.2, 0.25) is 5.91 Å². The molecule has 1 N–H and O–H groups in total. The average Bonchev–Trinajstić information content (AvgIpc) is 2.62. The molecule has 1 saturated heterocycles. The lowest BCUT2D eigenvalue weighted by Gasteiger charge is -2.36. The van der Waals surface area contributed by atoms with E-state index < -0.39 is 0 Å². The molecule has 1 fully saturated rings. The minimum Gasteiger partial charge on any atom is -0.506 e. The quantitative estimate of drug-likeness (QED) is 0.916. The van der Waals surface area contributed by atoms with E-state index in [1.807, 2.05) is 0 Å². The van der Waals surface area contributed by atoms with Crippen LogP contribution in [-0.4, -0.2) is 54.2 Å². The van der Waals surface area contributed by atoms with Crippen molar-refractivity contribution in [3.8, 4) is 11.5 Å². The first kappa shape index (κ1) is 17.0. The van der Waals surface area contributed by atoms with Gasteiger partial charge in [0.15, 0.2) is 11.6 Å². The molecule has 6 nitrogen and oxygen atoms in total. The number of halogens is 1. The smallest absolute Gasteiger partial charge is 0.227 e. The fourth-order valence-electron chi connectivity index (χ4n) is 2.92. The third-order valence-corrected chi connectivity index (χ3v) is 4.27. The Bertz CT molecular complexity index is 761. The Labute approximate surface area is 145 Å². The Morgan fingerprint density at radius 2 is 2.00 bits per heavy atom. The molecule has 1 aromatic heterocycles. The standard InChI is InChI=1S/C18H20FN3O3/c1-25-17-10-14(2-3-16(17)19)21-4-6-22(7-5-21)18(24)9-13-8-15(23)12-20-11-13/h2-3,8,10-12,23H,4-7,9H2,1H3. The molecule has 0 saturated carbocycles. The van der Waals surface area contributed by atoms with Gasteiger partial charge >= 0.3 is 0 Å². The lowest BCUT2D eigenvalue weighted by Crippen LogP contribution is -2.49. The highest BCUT2D eigenvalue weighted by Gasteiger charge is 2.22. The molecule has 0 radical (unpaired) electrons. The van der Waals surface area contributed by atoms with Crippen LogP contribution < -0.4 is 9.64 Å². The van der Waals surface area contributed by atoms with Gasteiger partial charge in [-0.3, -0.25) is 9.78 Å². The molecular weight excluding hydrogens is 325 g/mol. The molecule has 1 aliphatic heterocycles. The van der Waals surface area contributed by atoms with Crippen molar-refractivity contribution in [1.82, 2.24) is 9.88 Å². The molecule has 0 spiro atoms. The van der Waals surface area contributed by atoms with Gasteiger partial charge in [-0.05, 0) is 23.8 Å². The van der Waals surface area contributed by atoms with E-state index >= 15 is 0 Å². The van der Waals surface area contributed by atoms with Crippen LogP contribution in [0.2, 0.25) is 0 Å². The second-order valence-electron chi connectivity index (χ2n) is 5.91. The third-order valence-electron chi connectivity index (χ3n) is 4.27. The van der Waals surface area contributed by atoms with Crippen LogP contribution in [0.1, 0.15) is 5.56 Å². The van der Waals surface area contributed by atoms with E-state index in [9.17, 15) is 14.3 Å². The predicted molar refractivity (Wildman–Crippen MR) is 91.4 cm³/mol. The van der Waals surface area contributed by atoms with Crippen molar-refractivity contribution in [1.29, 1.82) is 0 Å². The molecule has 0 unspecified atom stereocenters. The summed E-state index contributed by atoms with van der Waals surface area (Å²) in [6.45, 7) is 2.51. The summed E-state index contributed by atoms with van der Waals surface area (Å²) in [5.74, 6) is -0.115. The van der Waals surface area contributed by atoms with Gasteiger partial charge in [0.1, 0.15) is 5.75 Å². The van der Waals surface area contributed by atoms with Gasteiger partial charge in [-0.25, -0.2) is 4.39 Å². The number of aromatic nitrogens is 1. The number of anilines is 1. The maximum atomic E-state index is 13.5. The summed E-state index contributed by atoms with van der Waals surface area (Å²) < 4.78 is 18.5. The number of methoxy groups -OCH3 is 1. The van der Waals surface area contributed by atoms with Gasteiger partial charge in [0.25, 0.3) is 0 Å². The molecule has 2 aromatic rings. The number of pyridine rings is 1. The Morgan fingerprint density at radius 1 is 1.24 bits per heavy atom. The Kier molecular flexibility index (Phi) is 5.02. The van der Waals surface area contributed by atoms with Gasteiger partial charge in [0, 0.05) is 44.1 Å². The fraction of sp³-hybridized carbons (Fsp3) is 0.333. The van der Waals surface area contributed by atoms with Gasteiger partial charge in [0.05, 0.1) is 19.7 Å². The van der Waals surface area contributed by atoms with Crippen LogP contribution in [-0.2, 0) is 11.2 Å². The molecule has 132 valence electrons. The highest BCUT2D eigenvalue weighted by Crippen LogP contribution is 2.25. The maximum Gasteiger partial charge on any atom is 0.227 e. The van der Waals surface area contributed by atoms with Gasteiger partial charge < -0.3 is 19.6 Å². The second-order valence-corrected chi connectivity index (χ2v) is 5.91. The van der Waals surface area contributed by atoms with Crippen LogP contribution in [0.3, 0.4) is 0 Å². The highest BCUT2D eigenvalue weighted by molar-refractivity contribution is 5.79. The SMILES string of the molecule is COc1cc(N2CCN(C(=O)Cc3cncc(O)c3)CC2)ccc1F. The lowest BCUT2D eigenvalue weighted by atomic mass is 10.1. The zero-order valence-corrected chi connectivity index (χ0v) is 14.0. The van der Waals surface area contributed by atoms with E-state index in [2.05, 4.69) is 9.88 Å². The summed E-state index contributed by atoms with van der Waals surface area (Å²) in [4.78, 5) is 20.2.